The van der Waals surface area contributed by atoms with Crippen LogP contribution in [-0.4, -0.2) is 24.9 Å². The Bertz CT molecular complexity index is 742. The molecule has 2 aromatic rings. The monoisotopic (exact) mass is 313 g/mol. The van der Waals surface area contributed by atoms with E-state index in [1.54, 1.807) is 32.0 Å². The van der Waals surface area contributed by atoms with E-state index in [2.05, 4.69) is 0 Å². The zero-order valence-corrected chi connectivity index (χ0v) is 14.7. The van der Waals surface area contributed by atoms with Crippen LogP contribution < -0.4 is 0 Å². The predicted octanol–water partition coefficient (Wildman–Crippen LogP) is 4.80. The molecule has 0 radical (unpaired) electrons. The number of amides is 1. The standard InChI is InChI=1S/C20H24FNO/c1-13-10-16(12-17(18(13)21)20(2,3)4)14-8-7-9-15(11-14)19(23)22(5)6/h7-12H,1-6H3. The first kappa shape index (κ1) is 17.2. The van der Waals surface area contributed by atoms with E-state index in [1.165, 1.54) is 0 Å². The minimum atomic E-state index is -0.276. The van der Waals surface area contributed by atoms with Gasteiger partial charge in [0, 0.05) is 19.7 Å². The van der Waals surface area contributed by atoms with Crippen molar-refractivity contribution in [1.82, 2.24) is 4.90 Å². The van der Waals surface area contributed by atoms with E-state index in [9.17, 15) is 9.18 Å². The number of hydrogen-bond donors (Lipinski definition) is 0. The maximum Gasteiger partial charge on any atom is 0.253 e. The van der Waals surface area contributed by atoms with E-state index in [4.69, 9.17) is 0 Å². The van der Waals surface area contributed by atoms with Crippen molar-refractivity contribution in [3.05, 3.63) is 58.9 Å². The van der Waals surface area contributed by atoms with Crippen molar-refractivity contribution in [1.29, 1.82) is 0 Å². The molecule has 0 aromatic heterocycles. The summed E-state index contributed by atoms with van der Waals surface area (Å²) in [5.74, 6) is -0.191. The lowest BCUT2D eigenvalue weighted by molar-refractivity contribution is 0.0827. The van der Waals surface area contributed by atoms with E-state index >= 15 is 0 Å². The molecule has 0 saturated carbocycles. The maximum absolute atomic E-state index is 14.4. The second-order valence-electron chi connectivity index (χ2n) is 7.19. The van der Waals surface area contributed by atoms with Crippen LogP contribution in [0, 0.1) is 12.7 Å². The summed E-state index contributed by atoms with van der Waals surface area (Å²) in [5, 5.41) is 0. The van der Waals surface area contributed by atoms with E-state index in [-0.39, 0.29) is 17.1 Å². The number of benzene rings is 2. The average Bonchev–Trinajstić information content (AvgIpc) is 2.47. The highest BCUT2D eigenvalue weighted by molar-refractivity contribution is 5.95. The lowest BCUT2D eigenvalue weighted by Crippen LogP contribution is -2.21. The molecule has 0 aliphatic rings. The maximum atomic E-state index is 14.4. The van der Waals surface area contributed by atoms with Crippen molar-refractivity contribution in [2.24, 2.45) is 0 Å². The third-order valence-electron chi connectivity index (χ3n) is 3.91. The predicted molar refractivity (Wildman–Crippen MR) is 93.3 cm³/mol. The summed E-state index contributed by atoms with van der Waals surface area (Å²) in [5.41, 5.74) is 3.52. The van der Waals surface area contributed by atoms with Crippen LogP contribution in [0.4, 0.5) is 4.39 Å². The highest BCUT2D eigenvalue weighted by Crippen LogP contribution is 2.32. The third-order valence-corrected chi connectivity index (χ3v) is 3.91. The first-order valence-electron chi connectivity index (χ1n) is 7.74. The van der Waals surface area contributed by atoms with Crippen LogP contribution in [0.3, 0.4) is 0 Å². The molecule has 122 valence electrons. The number of aryl methyl sites for hydroxylation is 1. The summed E-state index contributed by atoms with van der Waals surface area (Å²) in [4.78, 5) is 13.7. The lowest BCUT2D eigenvalue weighted by Gasteiger charge is -2.22. The molecule has 0 aliphatic heterocycles. The smallest absolute Gasteiger partial charge is 0.253 e. The first-order valence-corrected chi connectivity index (χ1v) is 7.74. The third kappa shape index (κ3) is 3.61. The summed E-state index contributed by atoms with van der Waals surface area (Å²) >= 11 is 0. The van der Waals surface area contributed by atoms with Gasteiger partial charge < -0.3 is 4.90 Å². The molecular weight excluding hydrogens is 289 g/mol. The van der Waals surface area contributed by atoms with Gasteiger partial charge in [-0.15, -0.1) is 0 Å². The van der Waals surface area contributed by atoms with Crippen LogP contribution in [0.25, 0.3) is 11.1 Å². The fraction of sp³-hybridized carbons (Fsp3) is 0.350. The Morgan fingerprint density at radius 1 is 1.04 bits per heavy atom. The lowest BCUT2D eigenvalue weighted by atomic mass is 9.83. The van der Waals surface area contributed by atoms with Crippen LogP contribution >= 0.6 is 0 Å². The van der Waals surface area contributed by atoms with Crippen molar-refractivity contribution >= 4 is 5.91 Å². The average molecular weight is 313 g/mol. The Morgan fingerprint density at radius 2 is 1.70 bits per heavy atom. The second kappa shape index (κ2) is 6.15. The molecule has 2 aromatic carbocycles. The summed E-state index contributed by atoms with van der Waals surface area (Å²) in [6.07, 6.45) is 0. The molecule has 0 heterocycles. The summed E-state index contributed by atoms with van der Waals surface area (Å²) in [7, 11) is 3.46. The van der Waals surface area contributed by atoms with Crippen molar-refractivity contribution in [3.8, 4) is 11.1 Å². The number of carbonyl (C=O) groups is 1. The molecule has 3 heteroatoms. The van der Waals surface area contributed by atoms with Crippen LogP contribution in [0.5, 0.6) is 0 Å². The number of halogens is 1. The Labute approximate surface area is 137 Å². The number of nitrogens with zero attached hydrogens (tertiary/aromatic N) is 1. The van der Waals surface area contributed by atoms with Crippen LogP contribution in [0.15, 0.2) is 36.4 Å². The van der Waals surface area contributed by atoms with Gasteiger partial charge >= 0.3 is 0 Å². The van der Waals surface area contributed by atoms with Gasteiger partial charge in [0.1, 0.15) is 5.82 Å². The van der Waals surface area contributed by atoms with Gasteiger partial charge in [-0.1, -0.05) is 32.9 Å². The minimum absolute atomic E-state index is 0.0401. The fourth-order valence-corrected chi connectivity index (χ4v) is 2.57. The van der Waals surface area contributed by atoms with Crippen LogP contribution in [0.1, 0.15) is 42.3 Å². The van der Waals surface area contributed by atoms with Crippen molar-refractivity contribution in [2.45, 2.75) is 33.1 Å². The molecule has 0 spiro atoms. The molecule has 0 aliphatic carbocycles. The first-order chi connectivity index (χ1) is 10.6. The Kier molecular flexibility index (Phi) is 4.60. The second-order valence-corrected chi connectivity index (χ2v) is 7.19. The van der Waals surface area contributed by atoms with Gasteiger partial charge in [-0.3, -0.25) is 4.79 Å². The fourth-order valence-electron chi connectivity index (χ4n) is 2.57. The Morgan fingerprint density at radius 3 is 2.26 bits per heavy atom. The zero-order valence-electron chi connectivity index (χ0n) is 14.7. The molecular formula is C20H24FNO. The van der Waals surface area contributed by atoms with Gasteiger partial charge in [-0.05, 0) is 58.9 Å². The minimum Gasteiger partial charge on any atom is -0.345 e. The van der Waals surface area contributed by atoms with E-state index in [1.807, 2.05) is 51.1 Å². The van der Waals surface area contributed by atoms with Gasteiger partial charge in [-0.2, -0.15) is 0 Å². The molecule has 0 bridgehead atoms. The summed E-state index contributed by atoms with van der Waals surface area (Å²) < 4.78 is 14.4. The van der Waals surface area contributed by atoms with Gasteiger partial charge in [0.2, 0.25) is 0 Å². The quantitative estimate of drug-likeness (QED) is 0.780. The summed E-state index contributed by atoms with van der Waals surface area (Å²) in [6, 6.07) is 11.2. The molecule has 0 unspecified atom stereocenters. The van der Waals surface area contributed by atoms with Gasteiger partial charge in [0.15, 0.2) is 0 Å². The van der Waals surface area contributed by atoms with Gasteiger partial charge in [-0.25, -0.2) is 4.39 Å². The Balaban J connectivity index is 2.57. The molecule has 0 fully saturated rings. The highest BCUT2D eigenvalue weighted by Gasteiger charge is 2.21. The number of rotatable bonds is 2. The normalized spacial score (nSPS) is 11.4. The van der Waals surface area contributed by atoms with Crippen molar-refractivity contribution in [2.75, 3.05) is 14.1 Å². The van der Waals surface area contributed by atoms with Crippen LogP contribution in [0.2, 0.25) is 0 Å². The molecule has 2 nitrogen and oxygen atoms in total. The highest BCUT2D eigenvalue weighted by atomic mass is 19.1. The van der Waals surface area contributed by atoms with E-state index in [0.29, 0.717) is 16.7 Å². The van der Waals surface area contributed by atoms with Crippen LogP contribution in [-0.2, 0) is 5.41 Å². The molecule has 2 rings (SSSR count). The molecule has 0 atom stereocenters. The number of carbonyl (C=O) groups excluding carboxylic acids is 1. The molecule has 1 amide bonds. The molecule has 23 heavy (non-hydrogen) atoms. The van der Waals surface area contributed by atoms with E-state index < -0.39 is 0 Å². The molecule has 0 N–H and O–H groups in total. The van der Waals surface area contributed by atoms with E-state index in [0.717, 1.165) is 11.1 Å². The topological polar surface area (TPSA) is 20.3 Å². The SMILES string of the molecule is Cc1cc(-c2cccc(C(=O)N(C)C)c2)cc(C(C)(C)C)c1F. The van der Waals surface area contributed by atoms with Gasteiger partial charge in [0.25, 0.3) is 5.91 Å². The Hall–Kier alpha value is -2.16. The largest absolute Gasteiger partial charge is 0.345 e. The van der Waals surface area contributed by atoms with Crippen molar-refractivity contribution < 1.29 is 9.18 Å². The van der Waals surface area contributed by atoms with Crippen molar-refractivity contribution in [3.63, 3.8) is 0 Å². The zero-order chi connectivity index (χ0) is 17.4. The molecule has 0 saturated heterocycles. The van der Waals surface area contributed by atoms with Gasteiger partial charge in [0.05, 0.1) is 0 Å². The summed E-state index contributed by atoms with van der Waals surface area (Å²) in [6.45, 7) is 7.78. The number of hydrogen-bond acceptors (Lipinski definition) is 1.